The van der Waals surface area contributed by atoms with Crippen molar-refractivity contribution in [3.63, 3.8) is 0 Å². The first-order valence-electron chi connectivity index (χ1n) is 9.62. The lowest BCUT2D eigenvalue weighted by Crippen LogP contribution is -2.38. The fourth-order valence-corrected chi connectivity index (χ4v) is 4.94. The predicted molar refractivity (Wildman–Crippen MR) is 105 cm³/mol. The summed E-state index contributed by atoms with van der Waals surface area (Å²) in [7, 11) is 0. The number of likely N-dealkylation sites (tertiary alicyclic amines) is 1. The first-order valence-corrected chi connectivity index (χ1v) is 9.62. The van der Waals surface area contributed by atoms with Gasteiger partial charge in [-0.2, -0.15) is 0 Å². The van der Waals surface area contributed by atoms with Crippen LogP contribution in [0.3, 0.4) is 0 Å². The topological polar surface area (TPSA) is 49.4 Å². The molecule has 0 radical (unpaired) electrons. The van der Waals surface area contributed by atoms with Gasteiger partial charge in [-0.1, -0.05) is 53.7 Å². The van der Waals surface area contributed by atoms with Crippen LogP contribution >= 0.6 is 0 Å². The van der Waals surface area contributed by atoms with Crippen molar-refractivity contribution in [3.8, 4) is 0 Å². The predicted octanol–water partition coefficient (Wildman–Crippen LogP) is 4.71. The molecule has 1 aliphatic heterocycles. The molecule has 1 saturated carbocycles. The lowest BCUT2D eigenvalue weighted by molar-refractivity contribution is -0.123. The largest absolute Gasteiger partial charge is 0.335 e. The molecule has 2 bridgehead atoms. The van der Waals surface area contributed by atoms with Crippen molar-refractivity contribution in [1.82, 2.24) is 4.90 Å². The molecule has 26 heavy (non-hydrogen) atoms. The molecule has 1 aromatic carbocycles. The van der Waals surface area contributed by atoms with E-state index in [1.165, 1.54) is 0 Å². The second-order valence-electron chi connectivity index (χ2n) is 10.4. The molecule has 0 aromatic heterocycles. The van der Waals surface area contributed by atoms with Crippen LogP contribution in [0.4, 0.5) is 5.69 Å². The summed E-state index contributed by atoms with van der Waals surface area (Å²) >= 11 is 0. The Morgan fingerprint density at radius 2 is 1.77 bits per heavy atom. The van der Waals surface area contributed by atoms with E-state index in [9.17, 15) is 9.59 Å². The number of hydrogen-bond donors (Lipinski definition) is 1. The number of carbonyl (C=O) groups is 2. The zero-order valence-electron chi connectivity index (χ0n) is 17.0. The molecule has 2 amide bonds. The summed E-state index contributed by atoms with van der Waals surface area (Å²) in [6, 6.07) is 7.68. The molecular weight excluding hydrogens is 324 g/mol. The first-order chi connectivity index (χ1) is 11.9. The van der Waals surface area contributed by atoms with Crippen LogP contribution in [0.2, 0.25) is 0 Å². The third-order valence-corrected chi connectivity index (χ3v) is 5.76. The summed E-state index contributed by atoms with van der Waals surface area (Å²) < 4.78 is 0. The van der Waals surface area contributed by atoms with E-state index in [4.69, 9.17) is 0 Å². The molecule has 2 aliphatic rings. The van der Waals surface area contributed by atoms with Gasteiger partial charge in [-0.05, 0) is 42.2 Å². The summed E-state index contributed by atoms with van der Waals surface area (Å²) in [6.07, 6.45) is 3.28. The smallest absolute Gasteiger partial charge is 0.256 e. The van der Waals surface area contributed by atoms with Gasteiger partial charge in [-0.3, -0.25) is 9.59 Å². The van der Waals surface area contributed by atoms with Crippen LogP contribution in [-0.2, 0) is 4.79 Å². The number of carbonyl (C=O) groups excluding carboxylic acids is 2. The highest BCUT2D eigenvalue weighted by molar-refractivity contribution is 6.05. The fourth-order valence-electron chi connectivity index (χ4n) is 4.94. The number of hydrogen-bond acceptors (Lipinski definition) is 2. The monoisotopic (exact) mass is 356 g/mol. The van der Waals surface area contributed by atoms with Gasteiger partial charge in [0.05, 0.1) is 11.3 Å². The Kier molecular flexibility index (Phi) is 4.45. The third kappa shape index (κ3) is 3.65. The van der Waals surface area contributed by atoms with Crippen molar-refractivity contribution < 1.29 is 9.59 Å². The molecule has 4 nitrogen and oxygen atoms in total. The van der Waals surface area contributed by atoms with Gasteiger partial charge in [0.25, 0.3) is 5.91 Å². The number of nitrogens with one attached hydrogen (secondary N) is 1. The van der Waals surface area contributed by atoms with Crippen LogP contribution in [0.15, 0.2) is 24.3 Å². The van der Waals surface area contributed by atoms with Crippen LogP contribution in [0.5, 0.6) is 0 Å². The van der Waals surface area contributed by atoms with Gasteiger partial charge >= 0.3 is 0 Å². The summed E-state index contributed by atoms with van der Waals surface area (Å²) in [5.41, 5.74) is 1.18. The Bertz CT molecular complexity index is 732. The third-order valence-electron chi connectivity index (χ3n) is 5.76. The lowest BCUT2D eigenvalue weighted by Gasteiger charge is -2.39. The van der Waals surface area contributed by atoms with Gasteiger partial charge < -0.3 is 10.2 Å². The van der Waals surface area contributed by atoms with Gasteiger partial charge in [0, 0.05) is 18.0 Å². The number of benzene rings is 1. The molecule has 2 atom stereocenters. The van der Waals surface area contributed by atoms with Gasteiger partial charge in [0.1, 0.15) is 0 Å². The second-order valence-corrected chi connectivity index (χ2v) is 10.4. The van der Waals surface area contributed by atoms with E-state index in [0.717, 1.165) is 25.8 Å². The van der Waals surface area contributed by atoms with E-state index in [2.05, 4.69) is 31.0 Å². The van der Waals surface area contributed by atoms with Crippen molar-refractivity contribution >= 4 is 17.5 Å². The minimum absolute atomic E-state index is 0.0428. The summed E-state index contributed by atoms with van der Waals surface area (Å²) in [5, 5.41) is 2.95. The van der Waals surface area contributed by atoms with Crippen molar-refractivity contribution in [2.45, 2.75) is 66.8 Å². The van der Waals surface area contributed by atoms with Crippen LogP contribution in [0.1, 0.15) is 71.2 Å². The molecule has 0 unspecified atom stereocenters. The minimum Gasteiger partial charge on any atom is -0.335 e. The quantitative estimate of drug-likeness (QED) is 0.834. The van der Waals surface area contributed by atoms with Gasteiger partial charge in [-0.15, -0.1) is 0 Å². The maximum Gasteiger partial charge on any atom is 0.256 e. The van der Waals surface area contributed by atoms with Crippen LogP contribution in [-0.4, -0.2) is 29.3 Å². The average Bonchev–Trinajstić information content (AvgIpc) is 2.75. The maximum atomic E-state index is 13.4. The zero-order chi connectivity index (χ0) is 19.3. The number of amides is 2. The summed E-state index contributed by atoms with van der Waals surface area (Å²) in [4.78, 5) is 27.8. The molecule has 4 heteroatoms. The molecule has 2 fully saturated rings. The number of rotatable bonds is 2. The lowest BCUT2D eigenvalue weighted by atomic mass is 9.65. The Morgan fingerprint density at radius 1 is 1.12 bits per heavy atom. The Hall–Kier alpha value is -1.84. The highest BCUT2D eigenvalue weighted by Crippen LogP contribution is 2.52. The van der Waals surface area contributed by atoms with E-state index in [1.807, 2.05) is 45.0 Å². The number of para-hydroxylation sites is 1. The maximum absolute atomic E-state index is 13.4. The molecule has 142 valence electrons. The molecule has 1 N–H and O–H groups in total. The highest BCUT2D eigenvalue weighted by atomic mass is 16.2. The van der Waals surface area contributed by atoms with Gasteiger partial charge in [0.15, 0.2) is 0 Å². The SMILES string of the molecule is CC1(C)C[C@H]2C[C@](C)(CN2C(=O)c2ccccc2NC(=O)C(C)(C)C)C1. The zero-order valence-corrected chi connectivity index (χ0v) is 17.0. The van der Waals surface area contributed by atoms with Crippen molar-refractivity contribution in [1.29, 1.82) is 0 Å². The first kappa shape index (κ1) is 18.9. The molecule has 1 aliphatic carbocycles. The van der Waals surface area contributed by atoms with Crippen LogP contribution < -0.4 is 5.32 Å². The van der Waals surface area contributed by atoms with E-state index < -0.39 is 5.41 Å². The van der Waals surface area contributed by atoms with E-state index in [1.54, 1.807) is 0 Å². The van der Waals surface area contributed by atoms with Gasteiger partial charge in [0.2, 0.25) is 5.91 Å². The average molecular weight is 357 g/mol. The Morgan fingerprint density at radius 3 is 2.42 bits per heavy atom. The number of nitrogens with zero attached hydrogens (tertiary/aromatic N) is 1. The fraction of sp³-hybridized carbons (Fsp3) is 0.636. The normalized spacial score (nSPS) is 27.3. The van der Waals surface area contributed by atoms with E-state index >= 15 is 0 Å². The highest BCUT2D eigenvalue weighted by Gasteiger charge is 2.51. The molecule has 1 heterocycles. The number of anilines is 1. The second kappa shape index (κ2) is 6.11. The Balaban J connectivity index is 1.87. The number of fused-ring (bicyclic) bond motifs is 2. The van der Waals surface area contributed by atoms with Crippen molar-refractivity contribution in [2.24, 2.45) is 16.2 Å². The summed E-state index contributed by atoms with van der Waals surface area (Å²) in [6.45, 7) is 13.4. The standard InChI is InChI=1S/C22H32N2O2/c1-20(2,3)19(26)23-17-10-8-7-9-16(17)18(25)24-14-22(6)12-15(24)11-21(4,5)13-22/h7-10,15H,11-14H2,1-6H3,(H,23,26)/t15-,22-/m0/s1. The van der Waals surface area contributed by atoms with Crippen LogP contribution in [0.25, 0.3) is 0 Å². The van der Waals surface area contributed by atoms with Crippen molar-refractivity contribution in [3.05, 3.63) is 29.8 Å². The summed E-state index contributed by atoms with van der Waals surface area (Å²) in [5.74, 6) is -0.0350. The van der Waals surface area contributed by atoms with Crippen molar-refractivity contribution in [2.75, 3.05) is 11.9 Å². The van der Waals surface area contributed by atoms with Crippen LogP contribution in [0, 0.1) is 16.2 Å². The van der Waals surface area contributed by atoms with E-state index in [-0.39, 0.29) is 22.6 Å². The molecular formula is C22H32N2O2. The Labute approximate surface area is 157 Å². The molecule has 1 aromatic rings. The molecule has 1 saturated heterocycles. The molecule has 3 rings (SSSR count). The van der Waals surface area contributed by atoms with Gasteiger partial charge in [-0.25, -0.2) is 0 Å². The van der Waals surface area contributed by atoms with E-state index in [0.29, 0.717) is 17.3 Å². The molecule has 0 spiro atoms. The minimum atomic E-state index is -0.502.